The van der Waals surface area contributed by atoms with Crippen molar-refractivity contribution < 1.29 is 14.3 Å². The molecule has 1 heterocycles. The lowest BCUT2D eigenvalue weighted by atomic mass is 10.1. The van der Waals surface area contributed by atoms with Crippen molar-refractivity contribution in [2.75, 3.05) is 13.2 Å². The molecule has 1 aromatic heterocycles. The Hall–Kier alpha value is -2.37. The number of H-pyrrole nitrogens is 1. The summed E-state index contributed by atoms with van der Waals surface area (Å²) in [5.74, 6) is 0.186. The van der Waals surface area contributed by atoms with Crippen LogP contribution in [0.15, 0.2) is 18.2 Å². The monoisotopic (exact) mass is 289 g/mol. The number of benzene rings is 1. The highest BCUT2D eigenvalue weighted by Crippen LogP contribution is 2.31. The van der Waals surface area contributed by atoms with Gasteiger partial charge in [0.2, 0.25) is 0 Å². The predicted octanol–water partition coefficient (Wildman–Crippen LogP) is 2.75. The maximum Gasteiger partial charge on any atom is 0.361 e. The number of hydrogen-bond donors (Lipinski definition) is 1. The highest BCUT2D eigenvalue weighted by Gasteiger charge is 2.21. The molecule has 0 atom stereocenters. The lowest BCUT2D eigenvalue weighted by molar-refractivity contribution is 0.0520. The van der Waals surface area contributed by atoms with Crippen LogP contribution in [0.25, 0.3) is 11.3 Å². The second-order valence-electron chi connectivity index (χ2n) is 4.59. The van der Waals surface area contributed by atoms with Gasteiger partial charge in [-0.1, -0.05) is 18.6 Å². The van der Waals surface area contributed by atoms with E-state index in [9.17, 15) is 4.79 Å². The molecule has 0 bridgehead atoms. The smallest absolute Gasteiger partial charge is 0.361 e. The Balaban J connectivity index is 2.43. The summed E-state index contributed by atoms with van der Waals surface area (Å²) in [5.41, 5.74) is 2.40. The lowest BCUT2D eigenvalue weighted by Crippen LogP contribution is -2.07. The van der Waals surface area contributed by atoms with Gasteiger partial charge >= 0.3 is 5.97 Å². The molecule has 6 heteroatoms. The lowest BCUT2D eigenvalue weighted by Gasteiger charge is -2.10. The first-order valence-electron chi connectivity index (χ1n) is 6.99. The number of rotatable bonds is 6. The molecular formula is C15H19N3O3. The van der Waals surface area contributed by atoms with Crippen molar-refractivity contribution >= 4 is 5.97 Å². The predicted molar refractivity (Wildman–Crippen MR) is 78.3 cm³/mol. The zero-order valence-electron chi connectivity index (χ0n) is 12.5. The maximum atomic E-state index is 11.9. The number of carbonyl (C=O) groups is 1. The van der Waals surface area contributed by atoms with E-state index in [0.29, 0.717) is 18.1 Å². The first kappa shape index (κ1) is 15.0. The van der Waals surface area contributed by atoms with E-state index in [1.54, 1.807) is 6.92 Å². The van der Waals surface area contributed by atoms with Crippen molar-refractivity contribution in [2.45, 2.75) is 27.2 Å². The van der Waals surface area contributed by atoms with Crippen LogP contribution in [0.2, 0.25) is 0 Å². The summed E-state index contributed by atoms with van der Waals surface area (Å²) in [6.07, 6.45) is 0.900. The van der Waals surface area contributed by atoms with Crippen molar-refractivity contribution in [3.8, 4) is 17.0 Å². The van der Waals surface area contributed by atoms with E-state index in [2.05, 4.69) is 15.4 Å². The van der Waals surface area contributed by atoms with Crippen molar-refractivity contribution in [3.63, 3.8) is 0 Å². The van der Waals surface area contributed by atoms with Gasteiger partial charge in [0, 0.05) is 5.56 Å². The third-order valence-corrected chi connectivity index (χ3v) is 2.87. The zero-order chi connectivity index (χ0) is 15.2. The number of nitrogens with one attached hydrogen (secondary N) is 1. The van der Waals surface area contributed by atoms with Gasteiger partial charge in [0.15, 0.2) is 5.69 Å². The van der Waals surface area contributed by atoms with Crippen LogP contribution in [0, 0.1) is 6.92 Å². The van der Waals surface area contributed by atoms with Crippen LogP contribution in [0.3, 0.4) is 0 Å². The second-order valence-corrected chi connectivity index (χ2v) is 4.59. The molecule has 0 amide bonds. The molecule has 0 radical (unpaired) electrons. The molecule has 0 unspecified atom stereocenters. The third-order valence-electron chi connectivity index (χ3n) is 2.87. The number of aromatic amines is 1. The van der Waals surface area contributed by atoms with Gasteiger partial charge < -0.3 is 9.47 Å². The van der Waals surface area contributed by atoms with E-state index in [1.165, 1.54) is 0 Å². The van der Waals surface area contributed by atoms with Gasteiger partial charge in [-0.2, -0.15) is 10.3 Å². The number of carbonyl (C=O) groups excluding carboxylic acids is 1. The molecule has 1 aromatic carbocycles. The van der Waals surface area contributed by atoms with Crippen LogP contribution in [0.1, 0.15) is 36.3 Å². The second kappa shape index (κ2) is 6.88. The average Bonchev–Trinajstić information content (AvgIpc) is 2.95. The van der Waals surface area contributed by atoms with Crippen LogP contribution in [-0.4, -0.2) is 34.6 Å². The summed E-state index contributed by atoms with van der Waals surface area (Å²) < 4.78 is 10.7. The molecule has 2 rings (SSSR count). The molecule has 112 valence electrons. The molecule has 0 aliphatic carbocycles. The summed E-state index contributed by atoms with van der Waals surface area (Å²) in [6, 6.07) is 5.76. The number of ether oxygens (including phenoxy) is 2. The van der Waals surface area contributed by atoms with E-state index < -0.39 is 5.97 Å². The molecule has 2 aromatic rings. The van der Waals surface area contributed by atoms with Gasteiger partial charge in [-0.3, -0.25) is 0 Å². The van der Waals surface area contributed by atoms with Gasteiger partial charge in [0.1, 0.15) is 11.4 Å². The molecule has 0 fully saturated rings. The summed E-state index contributed by atoms with van der Waals surface area (Å²) in [6.45, 7) is 6.64. The molecule has 0 aliphatic heterocycles. The Morgan fingerprint density at radius 3 is 2.81 bits per heavy atom. The fourth-order valence-electron chi connectivity index (χ4n) is 1.93. The minimum Gasteiger partial charge on any atom is -0.493 e. The molecule has 0 spiro atoms. The topological polar surface area (TPSA) is 77.1 Å². The summed E-state index contributed by atoms with van der Waals surface area (Å²) in [7, 11) is 0. The molecule has 0 saturated carbocycles. The van der Waals surface area contributed by atoms with Crippen LogP contribution in [-0.2, 0) is 4.74 Å². The molecule has 6 nitrogen and oxygen atoms in total. The summed E-state index contributed by atoms with van der Waals surface area (Å²) in [4.78, 5) is 11.9. The number of nitrogens with zero attached hydrogens (tertiary/aromatic N) is 2. The number of aromatic nitrogens is 3. The Morgan fingerprint density at radius 2 is 2.10 bits per heavy atom. The minimum atomic E-state index is -0.496. The molecular weight excluding hydrogens is 270 g/mol. The normalized spacial score (nSPS) is 10.4. The molecule has 0 aliphatic rings. The Kier molecular flexibility index (Phi) is 4.92. The standard InChI is InChI=1S/C15H19N3O3/c1-4-8-21-12-7-6-10(3)9-11(12)13-14(17-18-16-13)15(19)20-5-2/h6-7,9H,4-5,8H2,1-3H3,(H,16,17,18). The van der Waals surface area contributed by atoms with E-state index in [1.807, 2.05) is 32.0 Å². The van der Waals surface area contributed by atoms with Crippen molar-refractivity contribution in [3.05, 3.63) is 29.5 Å². The van der Waals surface area contributed by atoms with Gasteiger partial charge in [-0.05, 0) is 32.4 Å². The summed E-state index contributed by atoms with van der Waals surface area (Å²) >= 11 is 0. The highest BCUT2D eigenvalue weighted by atomic mass is 16.5. The summed E-state index contributed by atoms with van der Waals surface area (Å²) in [5, 5.41) is 10.5. The molecule has 21 heavy (non-hydrogen) atoms. The van der Waals surface area contributed by atoms with Crippen LogP contribution in [0.5, 0.6) is 5.75 Å². The van der Waals surface area contributed by atoms with E-state index in [0.717, 1.165) is 17.5 Å². The highest BCUT2D eigenvalue weighted by molar-refractivity contribution is 5.94. The van der Waals surface area contributed by atoms with E-state index in [4.69, 9.17) is 9.47 Å². The van der Waals surface area contributed by atoms with Gasteiger partial charge in [-0.15, -0.1) is 5.10 Å². The largest absolute Gasteiger partial charge is 0.493 e. The SMILES string of the molecule is CCCOc1ccc(C)cc1-c1n[nH]nc1C(=O)OCC. The van der Waals surface area contributed by atoms with Crippen LogP contribution >= 0.6 is 0 Å². The molecule has 0 saturated heterocycles. The Bertz CT molecular complexity index is 622. The Morgan fingerprint density at radius 1 is 1.29 bits per heavy atom. The third kappa shape index (κ3) is 3.39. The number of esters is 1. The first-order chi connectivity index (χ1) is 10.2. The van der Waals surface area contributed by atoms with Crippen molar-refractivity contribution in [1.29, 1.82) is 0 Å². The van der Waals surface area contributed by atoms with Crippen LogP contribution in [0.4, 0.5) is 0 Å². The number of hydrogen-bond acceptors (Lipinski definition) is 5. The van der Waals surface area contributed by atoms with Gasteiger partial charge in [-0.25, -0.2) is 4.79 Å². The minimum absolute atomic E-state index is 0.170. The Labute approximate surface area is 123 Å². The van der Waals surface area contributed by atoms with Gasteiger partial charge in [0.05, 0.1) is 13.2 Å². The fraction of sp³-hybridized carbons (Fsp3) is 0.400. The van der Waals surface area contributed by atoms with E-state index in [-0.39, 0.29) is 12.3 Å². The van der Waals surface area contributed by atoms with Crippen molar-refractivity contribution in [1.82, 2.24) is 15.4 Å². The quantitative estimate of drug-likeness (QED) is 0.827. The van der Waals surface area contributed by atoms with Crippen LogP contribution < -0.4 is 4.74 Å². The zero-order valence-corrected chi connectivity index (χ0v) is 12.5. The maximum absolute atomic E-state index is 11.9. The van der Waals surface area contributed by atoms with Gasteiger partial charge in [0.25, 0.3) is 0 Å². The number of aryl methyl sites for hydroxylation is 1. The molecule has 1 N–H and O–H groups in total. The average molecular weight is 289 g/mol. The first-order valence-corrected chi connectivity index (χ1v) is 6.99. The van der Waals surface area contributed by atoms with Crippen molar-refractivity contribution in [2.24, 2.45) is 0 Å². The van der Waals surface area contributed by atoms with E-state index >= 15 is 0 Å². The fourth-order valence-corrected chi connectivity index (χ4v) is 1.93.